The summed E-state index contributed by atoms with van der Waals surface area (Å²) in [6, 6.07) is 2.14. The highest BCUT2D eigenvalue weighted by atomic mass is 16.5. The molecular weight excluding hydrogens is 232 g/mol. The Kier molecular flexibility index (Phi) is 5.12. The van der Waals surface area contributed by atoms with Crippen molar-refractivity contribution in [2.24, 2.45) is 5.41 Å². The Hall–Kier alpha value is -1.12. The number of nitriles is 1. The van der Waals surface area contributed by atoms with E-state index in [4.69, 9.17) is 9.47 Å². The summed E-state index contributed by atoms with van der Waals surface area (Å²) in [6.45, 7) is 5.25. The van der Waals surface area contributed by atoms with Gasteiger partial charge in [-0.15, -0.1) is 0 Å². The summed E-state index contributed by atoms with van der Waals surface area (Å²) in [7, 11) is 1.62. The number of hydrogen-bond donors (Lipinski definition) is 1. The fraction of sp³-hybridized carbons (Fsp3) is 0.846. The van der Waals surface area contributed by atoms with Crippen LogP contribution in [0, 0.1) is 16.7 Å². The van der Waals surface area contributed by atoms with Crippen LogP contribution in [0.4, 0.5) is 0 Å². The van der Waals surface area contributed by atoms with Crippen molar-refractivity contribution < 1.29 is 14.3 Å². The van der Waals surface area contributed by atoms with Gasteiger partial charge < -0.3 is 14.8 Å². The summed E-state index contributed by atoms with van der Waals surface area (Å²) in [6.07, 6.45) is 1.80. The van der Waals surface area contributed by atoms with E-state index < -0.39 is 11.0 Å². The van der Waals surface area contributed by atoms with Crippen molar-refractivity contribution in [3.63, 3.8) is 0 Å². The maximum Gasteiger partial charge on any atom is 0.240 e. The second-order valence-corrected chi connectivity index (χ2v) is 4.77. The molecule has 1 unspecified atom stereocenters. The monoisotopic (exact) mass is 254 g/mol. The maximum absolute atomic E-state index is 12.1. The number of nitrogens with zero attached hydrogens (tertiary/aromatic N) is 1. The van der Waals surface area contributed by atoms with Crippen LogP contribution in [0.1, 0.15) is 33.1 Å². The van der Waals surface area contributed by atoms with Gasteiger partial charge in [-0.3, -0.25) is 4.79 Å². The number of rotatable bonds is 6. The van der Waals surface area contributed by atoms with Gasteiger partial charge in [-0.25, -0.2) is 0 Å². The summed E-state index contributed by atoms with van der Waals surface area (Å²) in [5.41, 5.74) is -1.35. The first-order valence-corrected chi connectivity index (χ1v) is 6.40. The lowest BCUT2D eigenvalue weighted by atomic mass is 9.83. The van der Waals surface area contributed by atoms with Crippen LogP contribution in [-0.4, -0.2) is 38.4 Å². The normalized spacial score (nSPS) is 23.7. The molecule has 0 radical (unpaired) electrons. The van der Waals surface area contributed by atoms with E-state index in [1.54, 1.807) is 7.11 Å². The van der Waals surface area contributed by atoms with Crippen LogP contribution in [0.3, 0.4) is 0 Å². The van der Waals surface area contributed by atoms with E-state index in [1.807, 2.05) is 13.8 Å². The van der Waals surface area contributed by atoms with E-state index in [2.05, 4.69) is 11.4 Å². The molecule has 1 rings (SSSR count). The minimum absolute atomic E-state index is 0.210. The Morgan fingerprint density at radius 1 is 1.56 bits per heavy atom. The Bertz CT molecular complexity index is 326. The van der Waals surface area contributed by atoms with Gasteiger partial charge in [-0.1, -0.05) is 13.8 Å². The fourth-order valence-electron chi connectivity index (χ4n) is 2.15. The number of carbonyl (C=O) groups is 1. The Balaban J connectivity index is 2.62. The third-order valence-electron chi connectivity index (χ3n) is 3.93. The lowest BCUT2D eigenvalue weighted by Crippen LogP contribution is -2.49. The molecule has 102 valence electrons. The van der Waals surface area contributed by atoms with E-state index in [-0.39, 0.29) is 5.91 Å². The van der Waals surface area contributed by atoms with Crippen LogP contribution in [0.5, 0.6) is 0 Å². The van der Waals surface area contributed by atoms with Gasteiger partial charge in [0.25, 0.3) is 0 Å². The second-order valence-electron chi connectivity index (χ2n) is 4.77. The molecule has 1 aliphatic rings. The molecule has 1 N–H and O–H groups in total. The van der Waals surface area contributed by atoms with Crippen molar-refractivity contribution in [2.75, 3.05) is 26.9 Å². The summed E-state index contributed by atoms with van der Waals surface area (Å²) in [4.78, 5) is 12.1. The van der Waals surface area contributed by atoms with Gasteiger partial charge in [0.05, 0.1) is 12.7 Å². The van der Waals surface area contributed by atoms with E-state index in [0.29, 0.717) is 32.6 Å². The van der Waals surface area contributed by atoms with Gasteiger partial charge in [0.15, 0.2) is 0 Å². The molecule has 0 spiro atoms. The standard InChI is InChI=1S/C13H22N2O3/c1-4-12(5-2,8-14)11(16)15-9-13(17-3)6-7-18-10-13/h4-7,9-10H2,1-3H3,(H,15,16). The van der Waals surface area contributed by atoms with Crippen LogP contribution in [0.25, 0.3) is 0 Å². The van der Waals surface area contributed by atoms with E-state index in [0.717, 1.165) is 6.42 Å². The number of ether oxygens (including phenoxy) is 2. The number of methoxy groups -OCH3 is 1. The van der Waals surface area contributed by atoms with Crippen LogP contribution in [0.2, 0.25) is 0 Å². The third kappa shape index (κ3) is 2.82. The Morgan fingerprint density at radius 3 is 2.61 bits per heavy atom. The van der Waals surface area contributed by atoms with Crippen molar-refractivity contribution in [3.05, 3.63) is 0 Å². The van der Waals surface area contributed by atoms with Gasteiger partial charge in [0.1, 0.15) is 11.0 Å². The Morgan fingerprint density at radius 2 is 2.22 bits per heavy atom. The molecule has 1 heterocycles. The molecule has 1 aliphatic heterocycles. The lowest BCUT2D eigenvalue weighted by Gasteiger charge is -2.29. The molecule has 0 bridgehead atoms. The van der Waals surface area contributed by atoms with Crippen LogP contribution >= 0.6 is 0 Å². The van der Waals surface area contributed by atoms with Gasteiger partial charge in [-0.05, 0) is 12.8 Å². The average molecular weight is 254 g/mol. The zero-order valence-corrected chi connectivity index (χ0v) is 11.4. The van der Waals surface area contributed by atoms with Crippen molar-refractivity contribution in [2.45, 2.75) is 38.7 Å². The van der Waals surface area contributed by atoms with Crippen LogP contribution in [-0.2, 0) is 14.3 Å². The minimum atomic E-state index is -0.922. The van der Waals surface area contributed by atoms with Gasteiger partial charge in [0.2, 0.25) is 5.91 Å². The summed E-state index contributed by atoms with van der Waals surface area (Å²) < 4.78 is 10.7. The van der Waals surface area contributed by atoms with E-state index in [9.17, 15) is 10.1 Å². The highest BCUT2D eigenvalue weighted by Gasteiger charge is 2.39. The molecule has 5 heteroatoms. The third-order valence-corrected chi connectivity index (χ3v) is 3.93. The minimum Gasteiger partial charge on any atom is -0.378 e. The first-order chi connectivity index (χ1) is 8.58. The molecular formula is C13H22N2O3. The fourth-order valence-corrected chi connectivity index (χ4v) is 2.15. The number of carbonyl (C=O) groups excluding carboxylic acids is 1. The zero-order valence-electron chi connectivity index (χ0n) is 11.4. The molecule has 0 aromatic carbocycles. The molecule has 18 heavy (non-hydrogen) atoms. The highest BCUT2D eigenvalue weighted by Crippen LogP contribution is 2.27. The van der Waals surface area contributed by atoms with Crippen molar-refractivity contribution in [1.29, 1.82) is 5.26 Å². The van der Waals surface area contributed by atoms with Gasteiger partial charge in [-0.2, -0.15) is 5.26 Å². The molecule has 5 nitrogen and oxygen atoms in total. The summed E-state index contributed by atoms with van der Waals surface area (Å²) in [5.74, 6) is -0.210. The summed E-state index contributed by atoms with van der Waals surface area (Å²) in [5, 5.41) is 12.0. The van der Waals surface area contributed by atoms with Gasteiger partial charge in [0, 0.05) is 26.7 Å². The molecule has 1 atom stereocenters. The maximum atomic E-state index is 12.1. The van der Waals surface area contributed by atoms with Crippen molar-refractivity contribution in [1.82, 2.24) is 5.32 Å². The van der Waals surface area contributed by atoms with Gasteiger partial charge >= 0.3 is 0 Å². The quantitative estimate of drug-likeness (QED) is 0.774. The molecule has 1 fully saturated rings. The van der Waals surface area contributed by atoms with E-state index >= 15 is 0 Å². The van der Waals surface area contributed by atoms with Crippen LogP contribution < -0.4 is 5.32 Å². The summed E-state index contributed by atoms with van der Waals surface area (Å²) >= 11 is 0. The molecule has 0 aromatic heterocycles. The predicted molar refractivity (Wildman–Crippen MR) is 66.8 cm³/mol. The highest BCUT2D eigenvalue weighted by molar-refractivity contribution is 5.85. The number of amides is 1. The Labute approximate surface area is 108 Å². The van der Waals surface area contributed by atoms with Crippen molar-refractivity contribution >= 4 is 5.91 Å². The first-order valence-electron chi connectivity index (χ1n) is 6.40. The second kappa shape index (κ2) is 6.17. The predicted octanol–water partition coefficient (Wildman–Crippen LogP) is 1.24. The molecule has 1 amide bonds. The number of nitrogens with one attached hydrogen (secondary N) is 1. The lowest BCUT2D eigenvalue weighted by molar-refractivity contribution is -0.130. The largest absolute Gasteiger partial charge is 0.378 e. The number of hydrogen-bond acceptors (Lipinski definition) is 4. The molecule has 0 saturated carbocycles. The average Bonchev–Trinajstić information content (AvgIpc) is 2.88. The first kappa shape index (κ1) is 14.9. The smallest absolute Gasteiger partial charge is 0.240 e. The molecule has 0 aliphatic carbocycles. The SMILES string of the molecule is CCC(C#N)(CC)C(=O)NCC1(OC)CCOC1. The topological polar surface area (TPSA) is 71.4 Å². The molecule has 1 saturated heterocycles. The van der Waals surface area contributed by atoms with Crippen LogP contribution in [0.15, 0.2) is 0 Å². The van der Waals surface area contributed by atoms with E-state index in [1.165, 1.54) is 0 Å². The zero-order chi connectivity index (χ0) is 13.6. The van der Waals surface area contributed by atoms with Crippen molar-refractivity contribution in [3.8, 4) is 6.07 Å². The molecule has 0 aromatic rings.